The summed E-state index contributed by atoms with van der Waals surface area (Å²) >= 11 is 1.45. The third kappa shape index (κ3) is 4.57. The number of fused-ring (bicyclic) bond motifs is 2. The Morgan fingerprint density at radius 1 is 1.36 bits per heavy atom. The molecule has 0 saturated carbocycles. The molecule has 4 heterocycles. The molecule has 170 valence electrons. The number of thioether (sulfide) groups is 1. The van der Waals surface area contributed by atoms with E-state index in [0.717, 1.165) is 22.2 Å². The molecule has 3 aromatic heterocycles. The number of carbonyl (C=O) groups excluding carboxylic acids is 1. The van der Waals surface area contributed by atoms with Gasteiger partial charge in [0, 0.05) is 41.5 Å². The number of morpholine rings is 1. The molecule has 1 atom stereocenters. The summed E-state index contributed by atoms with van der Waals surface area (Å²) in [4.78, 5) is 26.6. The third-order valence-corrected chi connectivity index (χ3v) is 6.00. The van der Waals surface area contributed by atoms with Gasteiger partial charge in [-0.05, 0) is 30.9 Å². The molecule has 4 aromatic rings. The van der Waals surface area contributed by atoms with Gasteiger partial charge < -0.3 is 19.4 Å². The van der Waals surface area contributed by atoms with E-state index in [1.54, 1.807) is 15.5 Å². The van der Waals surface area contributed by atoms with Crippen LogP contribution in [0.3, 0.4) is 0 Å². The molecule has 1 aliphatic rings. The quantitative estimate of drug-likeness (QED) is 0.346. The number of nitrogens with one attached hydrogen (secondary N) is 1. The van der Waals surface area contributed by atoms with Crippen molar-refractivity contribution in [1.29, 1.82) is 0 Å². The van der Waals surface area contributed by atoms with Gasteiger partial charge in [0.25, 0.3) is 5.78 Å². The molecule has 1 saturated heterocycles. The molecule has 33 heavy (non-hydrogen) atoms. The second-order valence-corrected chi connectivity index (χ2v) is 8.53. The Balaban J connectivity index is 1.23. The minimum Gasteiger partial charge on any atom is -0.475 e. The number of H-pyrrole nitrogens is 1. The average molecular weight is 465 g/mol. The molecule has 1 aromatic carbocycles. The van der Waals surface area contributed by atoms with E-state index in [9.17, 15) is 4.79 Å². The fraction of sp³-hybridized carbons (Fsp3) is 0.304. The maximum Gasteiger partial charge on any atom is 0.256 e. The van der Waals surface area contributed by atoms with Crippen LogP contribution in [-0.2, 0) is 9.53 Å². The van der Waals surface area contributed by atoms with E-state index in [4.69, 9.17) is 9.47 Å². The van der Waals surface area contributed by atoms with Gasteiger partial charge in [-0.25, -0.2) is 4.98 Å². The van der Waals surface area contributed by atoms with E-state index < -0.39 is 0 Å². The van der Waals surface area contributed by atoms with Gasteiger partial charge in [-0.2, -0.15) is 9.50 Å². The Bertz CT molecular complexity index is 1330. The molecule has 10 heteroatoms. The average Bonchev–Trinajstić information content (AvgIpc) is 3.45. The van der Waals surface area contributed by atoms with Gasteiger partial charge in [0.2, 0.25) is 16.9 Å². The maximum atomic E-state index is 12.8. The van der Waals surface area contributed by atoms with Crippen molar-refractivity contribution in [2.75, 3.05) is 32.6 Å². The SMILES string of the molecule is CSc1nc2nc(C)cc(OCC3CN(C(=O)/C=C/c4c[nH]c5ccccc45)CCO3)n2n1. The van der Waals surface area contributed by atoms with E-state index in [1.807, 2.05) is 55.8 Å². The van der Waals surface area contributed by atoms with E-state index in [1.165, 1.54) is 11.8 Å². The number of aryl methyl sites for hydroxylation is 1. The summed E-state index contributed by atoms with van der Waals surface area (Å²) in [5, 5.41) is 6.13. The highest BCUT2D eigenvalue weighted by Crippen LogP contribution is 2.20. The number of aromatic amines is 1. The number of ether oxygens (including phenoxy) is 2. The first-order valence-electron chi connectivity index (χ1n) is 10.7. The summed E-state index contributed by atoms with van der Waals surface area (Å²) < 4.78 is 13.5. The van der Waals surface area contributed by atoms with Crippen LogP contribution in [-0.4, -0.2) is 74.0 Å². The standard InChI is InChI=1S/C23H24N6O3S/c1-15-11-21(29-22(25-15)26-23(27-29)33-2)32-14-17-13-28(9-10-31-17)20(30)8-7-16-12-24-19-6-4-3-5-18(16)19/h3-8,11-12,17,24H,9-10,13-14H2,1-2H3/b8-7+. The van der Waals surface area contributed by atoms with Crippen molar-refractivity contribution in [3.63, 3.8) is 0 Å². The van der Waals surface area contributed by atoms with Crippen LogP contribution in [0.2, 0.25) is 0 Å². The van der Waals surface area contributed by atoms with Gasteiger partial charge in [-0.3, -0.25) is 4.79 Å². The fourth-order valence-corrected chi connectivity index (χ4v) is 4.16. The largest absolute Gasteiger partial charge is 0.475 e. The summed E-state index contributed by atoms with van der Waals surface area (Å²) in [5.74, 6) is 1.01. The van der Waals surface area contributed by atoms with Crippen LogP contribution in [0.25, 0.3) is 22.8 Å². The van der Waals surface area contributed by atoms with Crippen LogP contribution in [0.1, 0.15) is 11.3 Å². The van der Waals surface area contributed by atoms with Crippen molar-refractivity contribution in [2.24, 2.45) is 0 Å². The second-order valence-electron chi connectivity index (χ2n) is 7.76. The van der Waals surface area contributed by atoms with Crippen LogP contribution in [0.4, 0.5) is 0 Å². The zero-order valence-corrected chi connectivity index (χ0v) is 19.2. The monoisotopic (exact) mass is 464 g/mol. The lowest BCUT2D eigenvalue weighted by atomic mass is 10.1. The van der Waals surface area contributed by atoms with Crippen molar-refractivity contribution in [3.8, 4) is 5.88 Å². The molecular weight excluding hydrogens is 440 g/mol. The molecule has 1 N–H and O–H groups in total. The molecule has 1 unspecified atom stereocenters. The fourth-order valence-electron chi connectivity index (χ4n) is 3.82. The highest BCUT2D eigenvalue weighted by molar-refractivity contribution is 7.98. The predicted molar refractivity (Wildman–Crippen MR) is 126 cm³/mol. The zero-order chi connectivity index (χ0) is 22.8. The van der Waals surface area contributed by atoms with Gasteiger partial charge in [-0.15, -0.1) is 5.10 Å². The van der Waals surface area contributed by atoms with Gasteiger partial charge in [-0.1, -0.05) is 30.0 Å². The minimum atomic E-state index is -0.240. The molecule has 0 aliphatic carbocycles. The molecule has 0 spiro atoms. The number of hydrogen-bond acceptors (Lipinski definition) is 7. The number of carbonyl (C=O) groups is 1. The third-order valence-electron chi connectivity index (χ3n) is 5.46. The van der Waals surface area contributed by atoms with Crippen molar-refractivity contribution >= 4 is 40.4 Å². The minimum absolute atomic E-state index is 0.0448. The van der Waals surface area contributed by atoms with Crippen LogP contribution in [0.15, 0.2) is 47.8 Å². The van der Waals surface area contributed by atoms with Gasteiger partial charge in [0.05, 0.1) is 13.2 Å². The smallest absolute Gasteiger partial charge is 0.256 e. The Kier molecular flexibility index (Phi) is 6.01. The second kappa shape index (κ2) is 9.24. The van der Waals surface area contributed by atoms with Crippen LogP contribution in [0.5, 0.6) is 5.88 Å². The maximum absolute atomic E-state index is 12.8. The van der Waals surface area contributed by atoms with Gasteiger partial charge in [0.1, 0.15) is 12.7 Å². The molecule has 9 nitrogen and oxygen atoms in total. The highest BCUT2D eigenvalue weighted by Gasteiger charge is 2.24. The first kappa shape index (κ1) is 21.5. The van der Waals surface area contributed by atoms with Crippen molar-refractivity contribution in [2.45, 2.75) is 18.2 Å². The summed E-state index contributed by atoms with van der Waals surface area (Å²) in [5.41, 5.74) is 2.83. The Morgan fingerprint density at radius 3 is 3.12 bits per heavy atom. The molecule has 1 aliphatic heterocycles. The van der Waals surface area contributed by atoms with Crippen LogP contribution in [0, 0.1) is 6.92 Å². The van der Waals surface area contributed by atoms with Gasteiger partial charge in [0.15, 0.2) is 0 Å². The Morgan fingerprint density at radius 2 is 2.24 bits per heavy atom. The van der Waals surface area contributed by atoms with E-state index in [-0.39, 0.29) is 12.0 Å². The lowest BCUT2D eigenvalue weighted by Gasteiger charge is -2.32. The van der Waals surface area contributed by atoms with E-state index in [2.05, 4.69) is 20.1 Å². The van der Waals surface area contributed by atoms with Crippen molar-refractivity contribution < 1.29 is 14.3 Å². The summed E-state index contributed by atoms with van der Waals surface area (Å²) in [6, 6.07) is 9.84. The lowest BCUT2D eigenvalue weighted by molar-refractivity contribution is -0.134. The summed E-state index contributed by atoms with van der Waals surface area (Å²) in [6.07, 6.45) is 7.06. The number of benzene rings is 1. The Labute approximate surface area is 194 Å². The number of nitrogens with zero attached hydrogens (tertiary/aromatic N) is 5. The first-order valence-corrected chi connectivity index (χ1v) is 11.9. The zero-order valence-electron chi connectivity index (χ0n) is 18.4. The molecule has 1 amide bonds. The summed E-state index contributed by atoms with van der Waals surface area (Å²) in [7, 11) is 0. The van der Waals surface area contributed by atoms with Crippen molar-refractivity contribution in [3.05, 3.63) is 53.9 Å². The van der Waals surface area contributed by atoms with Crippen molar-refractivity contribution in [1.82, 2.24) is 29.5 Å². The molecular formula is C23H24N6O3S. The number of rotatable bonds is 6. The van der Waals surface area contributed by atoms with Crippen LogP contribution < -0.4 is 4.74 Å². The normalized spacial score (nSPS) is 16.8. The van der Waals surface area contributed by atoms with E-state index in [0.29, 0.717) is 43.1 Å². The topological polar surface area (TPSA) is 97.6 Å². The molecule has 5 rings (SSSR count). The Hall–Kier alpha value is -3.37. The summed E-state index contributed by atoms with van der Waals surface area (Å²) in [6.45, 7) is 3.65. The highest BCUT2D eigenvalue weighted by atomic mass is 32.2. The predicted octanol–water partition coefficient (Wildman–Crippen LogP) is 2.96. The van der Waals surface area contributed by atoms with Gasteiger partial charge >= 0.3 is 0 Å². The first-order chi connectivity index (χ1) is 16.1. The molecule has 0 bridgehead atoms. The van der Waals surface area contributed by atoms with E-state index >= 15 is 0 Å². The molecule has 0 radical (unpaired) electrons. The molecule has 1 fully saturated rings. The number of hydrogen-bond donors (Lipinski definition) is 1. The lowest BCUT2D eigenvalue weighted by Crippen LogP contribution is -2.47. The number of para-hydroxylation sites is 1. The number of amides is 1. The number of aromatic nitrogens is 5. The van der Waals surface area contributed by atoms with Crippen LogP contribution >= 0.6 is 11.8 Å².